The highest BCUT2D eigenvalue weighted by Gasteiger charge is 2.24. The van der Waals surface area contributed by atoms with E-state index in [0.717, 1.165) is 5.56 Å². The third kappa shape index (κ3) is 3.44. The Morgan fingerprint density at radius 1 is 1.48 bits per heavy atom. The van der Waals surface area contributed by atoms with Crippen LogP contribution in [0.25, 0.3) is 0 Å². The molecule has 0 saturated heterocycles. The van der Waals surface area contributed by atoms with Gasteiger partial charge in [-0.2, -0.15) is 10.4 Å². The van der Waals surface area contributed by atoms with E-state index in [9.17, 15) is 15.2 Å². The molecule has 0 bridgehead atoms. The van der Waals surface area contributed by atoms with Crippen LogP contribution in [-0.2, 0) is 18.3 Å². The van der Waals surface area contributed by atoms with Crippen LogP contribution < -0.4 is 0 Å². The van der Waals surface area contributed by atoms with Crippen LogP contribution in [0.1, 0.15) is 16.8 Å². The van der Waals surface area contributed by atoms with E-state index in [0.29, 0.717) is 22.7 Å². The highest BCUT2D eigenvalue weighted by Crippen LogP contribution is 2.30. The van der Waals surface area contributed by atoms with Gasteiger partial charge in [0.2, 0.25) is 0 Å². The minimum atomic E-state index is -0.897. The molecule has 0 fully saturated rings. The van der Waals surface area contributed by atoms with Gasteiger partial charge in [0, 0.05) is 7.05 Å². The van der Waals surface area contributed by atoms with E-state index in [2.05, 4.69) is 11.2 Å². The van der Waals surface area contributed by atoms with Gasteiger partial charge in [-0.25, -0.2) is 0 Å². The van der Waals surface area contributed by atoms with Gasteiger partial charge in [0.25, 0.3) is 0 Å². The molecule has 2 rings (SSSR count). The van der Waals surface area contributed by atoms with E-state index < -0.39 is 11.2 Å². The number of aromatic nitrogens is 2. The van der Waals surface area contributed by atoms with Gasteiger partial charge in [0.15, 0.2) is 0 Å². The quantitative estimate of drug-likeness (QED) is 0.858. The maximum Gasteiger partial charge on any atom is 0.317 e. The molecule has 21 heavy (non-hydrogen) atoms. The molecule has 1 aromatic heterocycles. The number of hydrogen-bond donors (Lipinski definition) is 1. The Balaban J connectivity index is 2.26. The second kappa shape index (κ2) is 6.46. The molecular weight excluding hydrogens is 286 g/mol. The number of rotatable bonds is 5. The molecule has 6 heteroatoms. The molecule has 2 aromatic rings. The number of carboxylic acids is 1. The molecule has 0 amide bonds. The number of aryl methyl sites for hydroxylation is 2. The van der Waals surface area contributed by atoms with Crippen LogP contribution in [0.3, 0.4) is 0 Å². The van der Waals surface area contributed by atoms with E-state index in [1.807, 2.05) is 30.3 Å². The fourth-order valence-corrected chi connectivity index (χ4v) is 3.19. The van der Waals surface area contributed by atoms with Crippen molar-refractivity contribution in [1.29, 1.82) is 5.26 Å². The summed E-state index contributed by atoms with van der Waals surface area (Å²) in [7, 11) is 1.72. The number of nitrogens with zero attached hydrogens (tertiary/aromatic N) is 3. The zero-order valence-electron chi connectivity index (χ0n) is 11.8. The molecule has 0 aliphatic carbocycles. The van der Waals surface area contributed by atoms with Crippen molar-refractivity contribution in [2.45, 2.75) is 23.6 Å². The van der Waals surface area contributed by atoms with Gasteiger partial charge in [-0.1, -0.05) is 42.1 Å². The molecule has 1 N–H and O–H groups in total. The fourth-order valence-electron chi connectivity index (χ4n) is 2.04. The van der Waals surface area contributed by atoms with Crippen molar-refractivity contribution < 1.29 is 9.90 Å². The van der Waals surface area contributed by atoms with E-state index in [4.69, 9.17) is 0 Å². The highest BCUT2D eigenvalue weighted by molar-refractivity contribution is 8.00. The number of benzene rings is 1. The van der Waals surface area contributed by atoms with Crippen molar-refractivity contribution in [3.8, 4) is 6.07 Å². The second-order valence-corrected chi connectivity index (χ2v) is 5.83. The number of aliphatic carboxylic acids is 1. The Labute approximate surface area is 127 Å². The van der Waals surface area contributed by atoms with Crippen LogP contribution in [0.5, 0.6) is 0 Å². The minimum absolute atomic E-state index is 0.399. The number of carboxylic acid groups (broad SMARTS) is 1. The first kappa shape index (κ1) is 15.1. The molecule has 0 saturated carbocycles. The third-order valence-corrected chi connectivity index (χ3v) is 4.42. The maximum absolute atomic E-state index is 11.5. The zero-order valence-corrected chi connectivity index (χ0v) is 12.6. The average molecular weight is 301 g/mol. The Kier molecular flexibility index (Phi) is 4.66. The second-order valence-electron chi connectivity index (χ2n) is 4.64. The first-order valence-electron chi connectivity index (χ1n) is 6.40. The summed E-state index contributed by atoms with van der Waals surface area (Å²) in [5, 5.41) is 22.7. The summed E-state index contributed by atoms with van der Waals surface area (Å²) in [5.74, 6) is -0.897. The predicted octanol–water partition coefficient (Wildman–Crippen LogP) is 2.39. The van der Waals surface area contributed by atoms with Crippen molar-refractivity contribution in [2.24, 2.45) is 7.05 Å². The van der Waals surface area contributed by atoms with Crippen molar-refractivity contribution >= 4 is 17.7 Å². The lowest BCUT2D eigenvalue weighted by atomic mass is 10.1. The third-order valence-electron chi connectivity index (χ3n) is 3.07. The maximum atomic E-state index is 11.5. The lowest BCUT2D eigenvalue weighted by molar-refractivity contribution is -0.136. The van der Waals surface area contributed by atoms with E-state index in [1.54, 1.807) is 18.7 Å². The Hall–Kier alpha value is -2.26. The molecule has 1 atom stereocenters. The first-order valence-corrected chi connectivity index (χ1v) is 7.28. The minimum Gasteiger partial charge on any atom is -0.480 e. The largest absolute Gasteiger partial charge is 0.480 e. The summed E-state index contributed by atoms with van der Waals surface area (Å²) < 4.78 is 1.57. The Bertz CT molecular complexity index is 689. The summed E-state index contributed by atoms with van der Waals surface area (Å²) in [5.41, 5.74) is 2.02. The van der Waals surface area contributed by atoms with Crippen LogP contribution in [0.15, 0.2) is 35.4 Å². The van der Waals surface area contributed by atoms with Crippen molar-refractivity contribution in [3.63, 3.8) is 0 Å². The van der Waals surface area contributed by atoms with Crippen LogP contribution in [0.2, 0.25) is 0 Å². The predicted molar refractivity (Wildman–Crippen MR) is 80.1 cm³/mol. The van der Waals surface area contributed by atoms with Crippen LogP contribution in [-0.4, -0.2) is 26.1 Å². The van der Waals surface area contributed by atoms with Gasteiger partial charge in [-0.3, -0.25) is 9.48 Å². The molecule has 5 nitrogen and oxygen atoms in total. The monoisotopic (exact) mass is 301 g/mol. The Morgan fingerprint density at radius 2 is 2.14 bits per heavy atom. The molecule has 0 aliphatic rings. The standard InChI is InChI=1S/C15H15N3O2S/c1-10-12(9-16)14(18(2)17-10)21-13(15(19)20)8-11-6-4-3-5-7-11/h3-7,13H,8H2,1-2H3,(H,19,20). The molecule has 1 heterocycles. The lowest BCUT2D eigenvalue weighted by Crippen LogP contribution is -2.20. The number of carbonyl (C=O) groups is 1. The summed E-state index contributed by atoms with van der Waals surface area (Å²) in [4.78, 5) is 11.5. The summed E-state index contributed by atoms with van der Waals surface area (Å²) >= 11 is 1.17. The number of thioether (sulfide) groups is 1. The molecule has 0 radical (unpaired) electrons. The van der Waals surface area contributed by atoms with Gasteiger partial charge in [-0.15, -0.1) is 0 Å². The summed E-state index contributed by atoms with van der Waals surface area (Å²) in [6.07, 6.45) is 0.399. The normalized spacial score (nSPS) is 11.9. The van der Waals surface area contributed by atoms with E-state index in [-0.39, 0.29) is 0 Å². The molecule has 108 valence electrons. The Morgan fingerprint density at radius 3 is 2.71 bits per heavy atom. The van der Waals surface area contributed by atoms with E-state index in [1.165, 1.54) is 11.8 Å². The lowest BCUT2D eigenvalue weighted by Gasteiger charge is -2.12. The average Bonchev–Trinajstić information content (AvgIpc) is 2.73. The van der Waals surface area contributed by atoms with Gasteiger partial charge in [-0.05, 0) is 18.9 Å². The van der Waals surface area contributed by atoms with E-state index >= 15 is 0 Å². The fraction of sp³-hybridized carbons (Fsp3) is 0.267. The van der Waals surface area contributed by atoms with Crippen LogP contribution in [0.4, 0.5) is 0 Å². The first-order chi connectivity index (χ1) is 10.0. The van der Waals surface area contributed by atoms with Gasteiger partial charge in [0.05, 0.1) is 5.69 Å². The summed E-state index contributed by atoms with van der Waals surface area (Å²) in [6.45, 7) is 1.75. The van der Waals surface area contributed by atoms with Crippen molar-refractivity contribution in [3.05, 3.63) is 47.2 Å². The summed E-state index contributed by atoms with van der Waals surface area (Å²) in [6, 6.07) is 11.6. The van der Waals surface area contributed by atoms with Crippen LogP contribution >= 0.6 is 11.8 Å². The zero-order chi connectivity index (χ0) is 15.4. The molecule has 1 aromatic carbocycles. The molecule has 0 aliphatic heterocycles. The molecule has 0 spiro atoms. The van der Waals surface area contributed by atoms with Crippen molar-refractivity contribution in [2.75, 3.05) is 0 Å². The van der Waals surface area contributed by atoms with Gasteiger partial charge < -0.3 is 5.11 Å². The number of hydrogen-bond acceptors (Lipinski definition) is 4. The molecular formula is C15H15N3O2S. The highest BCUT2D eigenvalue weighted by atomic mass is 32.2. The van der Waals surface area contributed by atoms with Crippen LogP contribution in [0, 0.1) is 18.3 Å². The smallest absolute Gasteiger partial charge is 0.317 e. The SMILES string of the molecule is Cc1nn(C)c(SC(Cc2ccccc2)C(=O)O)c1C#N. The molecule has 1 unspecified atom stereocenters. The van der Waals surface area contributed by atoms with Gasteiger partial charge >= 0.3 is 5.97 Å². The number of nitriles is 1. The van der Waals surface area contributed by atoms with Crippen molar-refractivity contribution in [1.82, 2.24) is 9.78 Å². The van der Waals surface area contributed by atoms with Gasteiger partial charge in [0.1, 0.15) is 21.9 Å². The topological polar surface area (TPSA) is 78.9 Å².